The zero-order valence-electron chi connectivity index (χ0n) is 17.4. The highest BCUT2D eigenvalue weighted by atomic mass is 16.1. The Labute approximate surface area is 175 Å². The lowest BCUT2D eigenvalue weighted by molar-refractivity contribution is -0.116. The number of fused-ring (bicyclic) bond motifs is 1. The molecule has 1 fully saturated rings. The second-order valence-electron chi connectivity index (χ2n) is 7.13. The van der Waals surface area contributed by atoms with Gasteiger partial charge in [-0.05, 0) is 31.2 Å². The number of aryl methyl sites for hydroxylation is 1. The van der Waals surface area contributed by atoms with Crippen LogP contribution in [0.25, 0.3) is 11.7 Å². The van der Waals surface area contributed by atoms with Gasteiger partial charge >= 0.3 is 0 Å². The van der Waals surface area contributed by atoms with Crippen LogP contribution in [0.4, 0.5) is 5.82 Å². The van der Waals surface area contributed by atoms with E-state index in [1.807, 2.05) is 19.1 Å². The summed E-state index contributed by atoms with van der Waals surface area (Å²) in [7, 11) is 0. The van der Waals surface area contributed by atoms with Gasteiger partial charge in [-0.2, -0.15) is 5.26 Å². The second kappa shape index (κ2) is 9.37. The molecule has 30 heavy (non-hydrogen) atoms. The molecule has 0 unspecified atom stereocenters. The Morgan fingerprint density at radius 1 is 1.37 bits per heavy atom. The van der Waals surface area contributed by atoms with Gasteiger partial charge in [0.2, 0.25) is 0 Å². The zero-order chi connectivity index (χ0) is 21.7. The number of nitriles is 1. The molecule has 0 atom stereocenters. The minimum atomic E-state index is -0.548. The van der Waals surface area contributed by atoms with Crippen LogP contribution in [0.5, 0.6) is 0 Å². The van der Waals surface area contributed by atoms with Crippen molar-refractivity contribution >= 4 is 23.4 Å². The van der Waals surface area contributed by atoms with Gasteiger partial charge in [0, 0.05) is 38.9 Å². The molecule has 8 nitrogen and oxygen atoms in total. The van der Waals surface area contributed by atoms with Crippen LogP contribution in [0.1, 0.15) is 18.1 Å². The van der Waals surface area contributed by atoms with E-state index in [0.717, 1.165) is 25.2 Å². The first-order chi connectivity index (χ1) is 14.5. The molecule has 1 aliphatic rings. The SMILES string of the molecule is C=CCNC(=O)/C(C#N)=C\c1c(N2CCN(CC)CC2)nc2c(C)cccn2c1=O. The third kappa shape index (κ3) is 4.26. The molecule has 0 bridgehead atoms. The van der Waals surface area contributed by atoms with E-state index in [4.69, 9.17) is 4.98 Å². The van der Waals surface area contributed by atoms with E-state index in [1.165, 1.54) is 16.6 Å². The fourth-order valence-electron chi connectivity index (χ4n) is 3.50. The topological polar surface area (TPSA) is 93.7 Å². The van der Waals surface area contributed by atoms with Gasteiger partial charge in [0.1, 0.15) is 23.1 Å². The summed E-state index contributed by atoms with van der Waals surface area (Å²) < 4.78 is 1.46. The maximum absolute atomic E-state index is 13.3. The van der Waals surface area contributed by atoms with Crippen molar-refractivity contribution in [1.82, 2.24) is 19.6 Å². The molecule has 1 saturated heterocycles. The Bertz CT molecular complexity index is 1090. The molecule has 3 heterocycles. The number of nitrogens with one attached hydrogen (secondary N) is 1. The van der Waals surface area contributed by atoms with Crippen LogP contribution in [-0.2, 0) is 4.79 Å². The Hall–Kier alpha value is -3.44. The predicted octanol–water partition coefficient (Wildman–Crippen LogP) is 1.35. The monoisotopic (exact) mass is 406 g/mol. The maximum Gasteiger partial charge on any atom is 0.267 e. The molecule has 0 spiro atoms. The van der Waals surface area contributed by atoms with Crippen molar-refractivity contribution in [1.29, 1.82) is 5.26 Å². The normalized spacial score (nSPS) is 15.1. The molecule has 2 aromatic heterocycles. The van der Waals surface area contributed by atoms with Gasteiger partial charge in [0.05, 0.1) is 5.56 Å². The Morgan fingerprint density at radius 3 is 2.73 bits per heavy atom. The van der Waals surface area contributed by atoms with Gasteiger partial charge < -0.3 is 15.1 Å². The number of hydrogen-bond donors (Lipinski definition) is 1. The molecule has 1 N–H and O–H groups in total. The van der Waals surface area contributed by atoms with Crippen molar-refractivity contribution in [3.8, 4) is 6.07 Å². The molecular formula is C22H26N6O2. The van der Waals surface area contributed by atoms with Crippen LogP contribution in [0, 0.1) is 18.3 Å². The molecule has 3 rings (SSSR count). The van der Waals surface area contributed by atoms with E-state index in [1.54, 1.807) is 12.3 Å². The number of anilines is 1. The van der Waals surface area contributed by atoms with Crippen molar-refractivity contribution in [3.63, 3.8) is 0 Å². The average molecular weight is 406 g/mol. The summed E-state index contributed by atoms with van der Waals surface area (Å²) in [5.41, 5.74) is 1.25. The number of hydrogen-bond acceptors (Lipinski definition) is 6. The first kappa shape index (κ1) is 21.3. The van der Waals surface area contributed by atoms with Crippen LogP contribution in [-0.4, -0.2) is 59.5 Å². The highest BCUT2D eigenvalue weighted by Crippen LogP contribution is 2.21. The van der Waals surface area contributed by atoms with Gasteiger partial charge in [-0.1, -0.05) is 19.1 Å². The van der Waals surface area contributed by atoms with E-state index in [-0.39, 0.29) is 23.2 Å². The van der Waals surface area contributed by atoms with E-state index >= 15 is 0 Å². The minimum absolute atomic E-state index is 0.142. The van der Waals surface area contributed by atoms with E-state index in [9.17, 15) is 14.9 Å². The van der Waals surface area contributed by atoms with Crippen molar-refractivity contribution in [3.05, 3.63) is 58.0 Å². The number of carbonyl (C=O) groups is 1. The molecule has 1 amide bonds. The molecule has 0 saturated carbocycles. The molecule has 8 heteroatoms. The molecule has 0 aliphatic carbocycles. The lowest BCUT2D eigenvalue weighted by atomic mass is 10.1. The van der Waals surface area contributed by atoms with Crippen molar-refractivity contribution < 1.29 is 4.79 Å². The minimum Gasteiger partial charge on any atom is -0.353 e. The summed E-state index contributed by atoms with van der Waals surface area (Å²) >= 11 is 0. The molecule has 156 valence electrons. The van der Waals surface area contributed by atoms with Crippen LogP contribution in [0.15, 0.2) is 41.4 Å². The number of pyridine rings is 1. The summed E-state index contributed by atoms with van der Waals surface area (Å²) in [4.78, 5) is 34.8. The number of likely N-dealkylation sites (N-methyl/N-ethyl adjacent to an activating group) is 1. The van der Waals surface area contributed by atoms with Gasteiger partial charge in [0.15, 0.2) is 0 Å². The second-order valence-corrected chi connectivity index (χ2v) is 7.13. The van der Waals surface area contributed by atoms with Crippen LogP contribution >= 0.6 is 0 Å². The molecule has 0 aromatic carbocycles. The lowest BCUT2D eigenvalue weighted by Gasteiger charge is -2.35. The van der Waals surface area contributed by atoms with Crippen molar-refractivity contribution in [2.45, 2.75) is 13.8 Å². The molecular weight excluding hydrogens is 380 g/mol. The summed E-state index contributed by atoms with van der Waals surface area (Å²) in [5.74, 6) is -0.0396. The van der Waals surface area contributed by atoms with Crippen LogP contribution in [0.2, 0.25) is 0 Å². The third-order valence-electron chi connectivity index (χ3n) is 5.24. The van der Waals surface area contributed by atoms with Crippen LogP contribution < -0.4 is 15.8 Å². The fraction of sp³-hybridized carbons (Fsp3) is 0.364. The Kier molecular flexibility index (Phi) is 6.65. The van der Waals surface area contributed by atoms with E-state index in [0.29, 0.717) is 24.6 Å². The van der Waals surface area contributed by atoms with Crippen LogP contribution in [0.3, 0.4) is 0 Å². The number of piperazine rings is 1. The fourth-order valence-corrected chi connectivity index (χ4v) is 3.50. The third-order valence-corrected chi connectivity index (χ3v) is 5.24. The van der Waals surface area contributed by atoms with E-state index in [2.05, 4.69) is 28.6 Å². The highest BCUT2D eigenvalue weighted by Gasteiger charge is 2.23. The van der Waals surface area contributed by atoms with Crippen molar-refractivity contribution in [2.75, 3.05) is 44.2 Å². The summed E-state index contributed by atoms with van der Waals surface area (Å²) in [6.07, 6.45) is 4.53. The number of rotatable bonds is 6. The first-order valence-corrected chi connectivity index (χ1v) is 10.00. The maximum atomic E-state index is 13.3. The predicted molar refractivity (Wildman–Crippen MR) is 117 cm³/mol. The quantitative estimate of drug-likeness (QED) is 0.442. The number of amides is 1. The summed E-state index contributed by atoms with van der Waals surface area (Å²) in [6, 6.07) is 5.58. The number of carbonyl (C=O) groups excluding carboxylic acids is 1. The molecule has 2 aromatic rings. The van der Waals surface area contributed by atoms with Gasteiger partial charge in [-0.15, -0.1) is 6.58 Å². The summed E-state index contributed by atoms with van der Waals surface area (Å²) in [6.45, 7) is 11.9. The molecule has 1 aliphatic heterocycles. The van der Waals surface area contributed by atoms with E-state index < -0.39 is 5.91 Å². The lowest BCUT2D eigenvalue weighted by Crippen LogP contribution is -2.47. The summed E-state index contributed by atoms with van der Waals surface area (Å²) in [5, 5.41) is 12.1. The zero-order valence-corrected chi connectivity index (χ0v) is 17.4. The first-order valence-electron chi connectivity index (χ1n) is 10.00. The average Bonchev–Trinajstić information content (AvgIpc) is 2.77. The Balaban J connectivity index is 2.16. The van der Waals surface area contributed by atoms with Crippen molar-refractivity contribution in [2.24, 2.45) is 0 Å². The van der Waals surface area contributed by atoms with Gasteiger partial charge in [0.25, 0.3) is 11.5 Å². The smallest absolute Gasteiger partial charge is 0.267 e. The Morgan fingerprint density at radius 2 is 2.10 bits per heavy atom. The number of aromatic nitrogens is 2. The van der Waals surface area contributed by atoms with Gasteiger partial charge in [-0.3, -0.25) is 14.0 Å². The van der Waals surface area contributed by atoms with Gasteiger partial charge in [-0.25, -0.2) is 4.98 Å². The standard InChI is InChI=1S/C22H26N6O2/c1-4-8-24-21(29)17(15-23)14-18-20(27-12-10-26(5-2)11-13-27)25-19-16(3)7-6-9-28(19)22(18)30/h4,6-7,9,14H,1,5,8,10-13H2,2-3H3,(H,24,29)/b17-14-. The highest BCUT2D eigenvalue weighted by molar-refractivity contribution is 6.02. The largest absolute Gasteiger partial charge is 0.353 e. The molecule has 0 radical (unpaired) electrons. The number of nitrogens with zero attached hydrogens (tertiary/aromatic N) is 5.